The first kappa shape index (κ1) is 23.5. The minimum atomic E-state index is -3.54. The third-order valence-corrected chi connectivity index (χ3v) is 4.45. The van der Waals surface area contributed by atoms with Crippen molar-refractivity contribution in [2.45, 2.75) is 32.8 Å². The van der Waals surface area contributed by atoms with E-state index in [2.05, 4.69) is 10.1 Å². The summed E-state index contributed by atoms with van der Waals surface area (Å²) >= 11 is 0. The van der Waals surface area contributed by atoms with Crippen LogP contribution >= 0.6 is 0 Å². The molecular weight excluding hydrogens is 408 g/mol. The number of unbranched alkanes of at least 4 members (excludes halogenated alkanes) is 1. The number of nitrogens with zero attached hydrogens (tertiary/aromatic N) is 2. The average Bonchev–Trinajstić information content (AvgIpc) is 2.72. The van der Waals surface area contributed by atoms with Crippen LogP contribution in [0.15, 0.2) is 53.9 Å². The molecule has 0 saturated heterocycles. The number of carbonyl (C=O) groups excluding carboxylic acids is 1. The van der Waals surface area contributed by atoms with Gasteiger partial charge in [-0.05, 0) is 43.5 Å². The second kappa shape index (κ2) is 12.0. The number of benzene rings is 1. The molecule has 0 N–H and O–H groups in total. The highest BCUT2D eigenvalue weighted by molar-refractivity contribution is 7.85. The van der Waals surface area contributed by atoms with Gasteiger partial charge in [0, 0.05) is 29.9 Å². The van der Waals surface area contributed by atoms with Crippen LogP contribution in [-0.2, 0) is 35.3 Å². The third-order valence-electron chi connectivity index (χ3n) is 3.90. The second-order valence-electron chi connectivity index (χ2n) is 6.44. The molecule has 8 nitrogen and oxygen atoms in total. The lowest BCUT2D eigenvalue weighted by Gasteiger charge is -2.09. The van der Waals surface area contributed by atoms with Gasteiger partial charge >= 0.3 is 5.97 Å². The van der Waals surface area contributed by atoms with Gasteiger partial charge < -0.3 is 9.57 Å². The molecule has 0 bridgehead atoms. The Morgan fingerprint density at radius 2 is 1.93 bits per heavy atom. The first-order valence-electron chi connectivity index (χ1n) is 9.58. The summed E-state index contributed by atoms with van der Waals surface area (Å²) in [5, 5.41) is 4.27. The molecule has 0 amide bonds. The molecule has 9 heteroatoms. The molecule has 0 aliphatic rings. The monoisotopic (exact) mass is 434 g/mol. The highest BCUT2D eigenvalue weighted by Crippen LogP contribution is 2.14. The molecule has 1 aromatic carbocycles. The number of rotatable bonds is 12. The van der Waals surface area contributed by atoms with Crippen molar-refractivity contribution in [3.63, 3.8) is 0 Å². The quantitative estimate of drug-likeness (QED) is 0.166. The largest absolute Gasteiger partial charge is 0.466 e. The number of hydrogen-bond donors (Lipinski definition) is 0. The van der Waals surface area contributed by atoms with Crippen LogP contribution in [0.1, 0.15) is 42.9 Å². The van der Waals surface area contributed by atoms with Gasteiger partial charge in [-0.15, -0.1) is 0 Å². The van der Waals surface area contributed by atoms with Crippen molar-refractivity contribution in [1.82, 2.24) is 4.98 Å². The standard InChI is InChI=1S/C21H26N2O6S/c1-3-27-20(24)11-4-5-13-28-23-21(19-10-7-12-22-15-19)18-9-6-8-17(14-18)16-29-30(2,25)26/h6-10,12,14-15H,3-5,11,13,16H2,1-2H3/b23-21+. The van der Waals surface area contributed by atoms with Gasteiger partial charge in [0.15, 0.2) is 0 Å². The fourth-order valence-corrected chi connectivity index (χ4v) is 2.89. The molecule has 0 radical (unpaired) electrons. The summed E-state index contributed by atoms with van der Waals surface area (Å²) in [4.78, 5) is 21.0. The average molecular weight is 435 g/mol. The maximum atomic E-state index is 11.4. The highest BCUT2D eigenvalue weighted by atomic mass is 32.2. The predicted octanol–water partition coefficient (Wildman–Crippen LogP) is 3.06. The van der Waals surface area contributed by atoms with E-state index in [9.17, 15) is 13.2 Å². The summed E-state index contributed by atoms with van der Waals surface area (Å²) in [6.45, 7) is 2.43. The number of esters is 1. The van der Waals surface area contributed by atoms with Crippen LogP contribution in [0.2, 0.25) is 0 Å². The SMILES string of the molecule is CCOC(=O)CCCCO/N=C(/c1cccnc1)c1cccc(COS(C)(=O)=O)c1. The van der Waals surface area contributed by atoms with Gasteiger partial charge in [0.25, 0.3) is 10.1 Å². The number of hydrogen-bond acceptors (Lipinski definition) is 8. The Kier molecular flexibility index (Phi) is 9.43. The molecule has 0 atom stereocenters. The van der Waals surface area contributed by atoms with Crippen molar-refractivity contribution < 1.29 is 27.0 Å². The Morgan fingerprint density at radius 3 is 2.63 bits per heavy atom. The van der Waals surface area contributed by atoms with E-state index in [-0.39, 0.29) is 12.6 Å². The molecule has 0 aliphatic heterocycles. The van der Waals surface area contributed by atoms with Gasteiger partial charge in [0.1, 0.15) is 12.3 Å². The first-order valence-corrected chi connectivity index (χ1v) is 11.4. The molecular formula is C21H26N2O6S. The third kappa shape index (κ3) is 8.71. The zero-order valence-electron chi connectivity index (χ0n) is 17.1. The molecule has 30 heavy (non-hydrogen) atoms. The van der Waals surface area contributed by atoms with Gasteiger partial charge in [-0.3, -0.25) is 14.0 Å². The van der Waals surface area contributed by atoms with Crippen molar-refractivity contribution in [3.05, 3.63) is 65.5 Å². The molecule has 0 saturated carbocycles. The van der Waals surface area contributed by atoms with Crippen molar-refractivity contribution in [1.29, 1.82) is 0 Å². The summed E-state index contributed by atoms with van der Waals surface area (Å²) in [6.07, 6.45) is 5.99. The number of ether oxygens (including phenoxy) is 1. The van der Waals surface area contributed by atoms with Crippen molar-refractivity contribution in [3.8, 4) is 0 Å². The maximum Gasteiger partial charge on any atom is 0.305 e. The Morgan fingerprint density at radius 1 is 1.13 bits per heavy atom. The molecule has 1 heterocycles. The number of aromatic nitrogens is 1. The lowest BCUT2D eigenvalue weighted by Crippen LogP contribution is -2.08. The van der Waals surface area contributed by atoms with Gasteiger partial charge in [-0.2, -0.15) is 8.42 Å². The van der Waals surface area contributed by atoms with E-state index < -0.39 is 10.1 Å². The van der Waals surface area contributed by atoms with E-state index in [0.717, 1.165) is 17.4 Å². The summed E-state index contributed by atoms with van der Waals surface area (Å²) in [7, 11) is -3.54. The van der Waals surface area contributed by atoms with E-state index in [1.807, 2.05) is 12.1 Å². The lowest BCUT2D eigenvalue weighted by molar-refractivity contribution is -0.143. The Labute approximate surface area is 177 Å². The number of oxime groups is 1. The topological polar surface area (TPSA) is 104 Å². The normalized spacial score (nSPS) is 11.9. The number of pyridine rings is 1. The fraction of sp³-hybridized carbons (Fsp3) is 0.381. The minimum Gasteiger partial charge on any atom is -0.466 e. The molecule has 2 rings (SSSR count). The first-order chi connectivity index (χ1) is 14.4. The van der Waals surface area contributed by atoms with Crippen molar-refractivity contribution >= 4 is 21.8 Å². The van der Waals surface area contributed by atoms with E-state index in [1.54, 1.807) is 43.6 Å². The minimum absolute atomic E-state index is 0.0677. The van der Waals surface area contributed by atoms with Crippen LogP contribution in [0.4, 0.5) is 0 Å². The Bertz CT molecular complexity index is 945. The smallest absolute Gasteiger partial charge is 0.305 e. The van der Waals surface area contributed by atoms with Crippen molar-refractivity contribution in [2.24, 2.45) is 5.16 Å². The molecule has 2 aromatic rings. The van der Waals surface area contributed by atoms with Crippen LogP contribution in [0.5, 0.6) is 0 Å². The van der Waals surface area contributed by atoms with Crippen LogP contribution in [0.3, 0.4) is 0 Å². The number of carbonyl (C=O) groups is 1. The summed E-state index contributed by atoms with van der Waals surface area (Å²) in [5.41, 5.74) is 2.74. The van der Waals surface area contributed by atoms with Crippen LogP contribution in [0, 0.1) is 0 Å². The zero-order valence-corrected chi connectivity index (χ0v) is 17.9. The van der Waals surface area contributed by atoms with E-state index in [0.29, 0.717) is 43.8 Å². The fourth-order valence-electron chi connectivity index (χ4n) is 2.54. The summed E-state index contributed by atoms with van der Waals surface area (Å²) < 4.78 is 32.3. The second-order valence-corrected chi connectivity index (χ2v) is 8.09. The Hall–Kier alpha value is -2.78. The van der Waals surface area contributed by atoms with E-state index in [1.165, 1.54) is 0 Å². The molecule has 162 valence electrons. The van der Waals surface area contributed by atoms with Crippen molar-refractivity contribution in [2.75, 3.05) is 19.5 Å². The maximum absolute atomic E-state index is 11.4. The molecule has 0 unspecified atom stereocenters. The molecule has 1 aromatic heterocycles. The van der Waals surface area contributed by atoms with E-state index in [4.69, 9.17) is 13.8 Å². The summed E-state index contributed by atoms with van der Waals surface area (Å²) in [5.74, 6) is -0.217. The highest BCUT2D eigenvalue weighted by Gasteiger charge is 2.11. The van der Waals surface area contributed by atoms with Crippen LogP contribution in [-0.4, -0.2) is 44.6 Å². The lowest BCUT2D eigenvalue weighted by atomic mass is 10.0. The van der Waals surface area contributed by atoms with Gasteiger partial charge in [-0.1, -0.05) is 23.4 Å². The summed E-state index contributed by atoms with van der Waals surface area (Å²) in [6, 6.07) is 10.9. The zero-order chi connectivity index (χ0) is 21.8. The molecule has 0 fully saturated rings. The molecule has 0 aliphatic carbocycles. The van der Waals surface area contributed by atoms with E-state index >= 15 is 0 Å². The Balaban J connectivity index is 2.07. The van der Waals surface area contributed by atoms with Gasteiger partial charge in [-0.25, -0.2) is 0 Å². The van der Waals surface area contributed by atoms with Crippen LogP contribution < -0.4 is 0 Å². The van der Waals surface area contributed by atoms with Crippen LogP contribution in [0.25, 0.3) is 0 Å². The van der Waals surface area contributed by atoms with Gasteiger partial charge in [0.05, 0.1) is 19.5 Å². The molecule has 0 spiro atoms. The van der Waals surface area contributed by atoms with Gasteiger partial charge in [0.2, 0.25) is 0 Å². The predicted molar refractivity (Wildman–Crippen MR) is 112 cm³/mol.